The highest BCUT2D eigenvalue weighted by Gasteiger charge is 2.32. The van der Waals surface area contributed by atoms with Gasteiger partial charge in [-0.05, 0) is 42.0 Å². The van der Waals surface area contributed by atoms with Crippen molar-refractivity contribution >= 4 is 29.7 Å². The number of aliphatic carboxylic acids is 1. The predicted octanol–water partition coefficient (Wildman–Crippen LogP) is 3.97. The molecule has 2 aromatic carbocycles. The average Bonchev–Trinajstić information content (AvgIpc) is 3.16. The molecule has 0 spiro atoms. The number of benzene rings is 2. The summed E-state index contributed by atoms with van der Waals surface area (Å²) in [5, 5.41) is 12.0. The minimum atomic E-state index is -0.843. The van der Waals surface area contributed by atoms with E-state index in [1.54, 1.807) is 4.90 Å². The zero-order chi connectivity index (χ0) is 24.1. The standard InChI is InChI=1S/C26H30N2O5S/c1-17-10-11-18(25(30)31)14-28(17)24(29)16-34-13-12-27-26(32)33-15-23-21-8-4-2-6-19(21)20-7-3-5-9-22(20)23/h2-9,17-18,23H,10-16H2,1H3,(H,27,32)(H,30,31). The number of piperidine rings is 1. The first-order valence-corrected chi connectivity index (χ1v) is 12.8. The summed E-state index contributed by atoms with van der Waals surface area (Å²) >= 11 is 1.42. The fourth-order valence-corrected chi connectivity index (χ4v) is 5.50. The lowest BCUT2D eigenvalue weighted by Crippen LogP contribution is -2.48. The molecule has 4 rings (SSSR count). The van der Waals surface area contributed by atoms with Crippen molar-refractivity contribution in [1.29, 1.82) is 0 Å². The molecule has 1 aliphatic carbocycles. The number of hydrogen-bond donors (Lipinski definition) is 2. The minimum Gasteiger partial charge on any atom is -0.481 e. The number of thioether (sulfide) groups is 1. The lowest BCUT2D eigenvalue weighted by atomic mass is 9.93. The highest BCUT2D eigenvalue weighted by atomic mass is 32.2. The molecule has 0 radical (unpaired) electrons. The van der Waals surface area contributed by atoms with Crippen LogP contribution in [0.25, 0.3) is 11.1 Å². The van der Waals surface area contributed by atoms with Gasteiger partial charge in [0.05, 0.1) is 11.7 Å². The summed E-state index contributed by atoms with van der Waals surface area (Å²) in [6.07, 6.45) is 0.844. The summed E-state index contributed by atoms with van der Waals surface area (Å²) in [4.78, 5) is 37.7. The molecule has 7 nitrogen and oxygen atoms in total. The van der Waals surface area contributed by atoms with Gasteiger partial charge >= 0.3 is 12.1 Å². The Morgan fingerprint density at radius 3 is 2.35 bits per heavy atom. The van der Waals surface area contributed by atoms with Crippen molar-refractivity contribution < 1.29 is 24.2 Å². The number of likely N-dealkylation sites (tertiary alicyclic amines) is 1. The second-order valence-corrected chi connectivity index (χ2v) is 9.92. The Morgan fingerprint density at radius 1 is 1.06 bits per heavy atom. The number of nitrogens with one attached hydrogen (secondary N) is 1. The van der Waals surface area contributed by atoms with E-state index in [0.29, 0.717) is 25.1 Å². The van der Waals surface area contributed by atoms with Crippen molar-refractivity contribution in [3.8, 4) is 11.1 Å². The van der Waals surface area contributed by atoms with Crippen molar-refractivity contribution in [2.45, 2.75) is 31.7 Å². The molecule has 34 heavy (non-hydrogen) atoms. The topological polar surface area (TPSA) is 95.9 Å². The zero-order valence-corrected chi connectivity index (χ0v) is 20.1. The molecule has 1 fully saturated rings. The number of nitrogens with zero attached hydrogens (tertiary/aromatic N) is 1. The van der Waals surface area contributed by atoms with Crippen molar-refractivity contribution in [2.24, 2.45) is 5.92 Å². The second kappa shape index (κ2) is 11.0. The first-order chi connectivity index (χ1) is 16.5. The van der Waals surface area contributed by atoms with Gasteiger partial charge in [-0.25, -0.2) is 4.79 Å². The molecule has 8 heteroatoms. The predicted molar refractivity (Wildman–Crippen MR) is 132 cm³/mol. The maximum absolute atomic E-state index is 12.5. The van der Waals surface area contributed by atoms with Crippen molar-refractivity contribution in [1.82, 2.24) is 10.2 Å². The normalized spacial score (nSPS) is 19.3. The van der Waals surface area contributed by atoms with Crippen LogP contribution in [0.15, 0.2) is 48.5 Å². The summed E-state index contributed by atoms with van der Waals surface area (Å²) in [7, 11) is 0. The van der Waals surface area contributed by atoms with Crippen LogP contribution in [0, 0.1) is 5.92 Å². The third-order valence-corrected chi connectivity index (χ3v) is 7.58. The summed E-state index contributed by atoms with van der Waals surface area (Å²) in [5.74, 6) is -0.523. The second-order valence-electron chi connectivity index (χ2n) is 8.81. The number of carboxylic acid groups (broad SMARTS) is 1. The number of alkyl carbamates (subject to hydrolysis) is 1. The van der Waals surface area contributed by atoms with Crippen LogP contribution in [-0.2, 0) is 14.3 Å². The van der Waals surface area contributed by atoms with E-state index in [2.05, 4.69) is 29.6 Å². The number of carboxylic acids is 1. The van der Waals surface area contributed by atoms with Gasteiger partial charge in [-0.15, -0.1) is 0 Å². The van der Waals surface area contributed by atoms with Crippen LogP contribution in [0.2, 0.25) is 0 Å². The highest BCUT2D eigenvalue weighted by Crippen LogP contribution is 2.44. The first kappa shape index (κ1) is 24.1. The molecule has 1 heterocycles. The summed E-state index contributed by atoms with van der Waals surface area (Å²) in [5.41, 5.74) is 4.71. The van der Waals surface area contributed by atoms with Gasteiger partial charge in [-0.3, -0.25) is 9.59 Å². The Kier molecular flexibility index (Phi) is 7.77. The lowest BCUT2D eigenvalue weighted by Gasteiger charge is -2.36. The van der Waals surface area contributed by atoms with Gasteiger partial charge in [0, 0.05) is 30.8 Å². The fourth-order valence-electron chi connectivity index (χ4n) is 4.77. The molecule has 0 saturated carbocycles. The van der Waals surface area contributed by atoms with Crippen LogP contribution >= 0.6 is 11.8 Å². The smallest absolute Gasteiger partial charge is 0.407 e. The Morgan fingerprint density at radius 2 is 1.71 bits per heavy atom. The van der Waals surface area contributed by atoms with E-state index in [-0.39, 0.29) is 36.8 Å². The third kappa shape index (κ3) is 5.38. The molecule has 2 atom stereocenters. The van der Waals surface area contributed by atoms with E-state index >= 15 is 0 Å². The number of fused-ring (bicyclic) bond motifs is 3. The number of carbonyl (C=O) groups excluding carboxylic acids is 2. The van der Waals surface area contributed by atoms with Crippen LogP contribution in [0.1, 0.15) is 36.8 Å². The molecule has 1 aliphatic heterocycles. The Hall–Kier alpha value is -3.00. The van der Waals surface area contributed by atoms with E-state index in [1.165, 1.54) is 34.0 Å². The molecule has 2 aromatic rings. The zero-order valence-electron chi connectivity index (χ0n) is 19.2. The SMILES string of the molecule is CC1CCC(C(=O)O)CN1C(=O)CSCCNC(=O)OCC1c2ccccc2-c2ccccc21. The van der Waals surface area contributed by atoms with Crippen LogP contribution in [0.5, 0.6) is 0 Å². The number of carbonyl (C=O) groups is 3. The summed E-state index contributed by atoms with van der Waals surface area (Å²) < 4.78 is 5.52. The Labute approximate surface area is 203 Å². The van der Waals surface area contributed by atoms with Crippen LogP contribution in [0.4, 0.5) is 4.79 Å². The van der Waals surface area contributed by atoms with Gasteiger partial charge in [0.2, 0.25) is 5.91 Å². The minimum absolute atomic E-state index is 0.0197. The molecule has 180 valence electrons. The summed E-state index contributed by atoms with van der Waals surface area (Å²) in [6.45, 7) is 2.89. The molecular formula is C26H30N2O5S. The van der Waals surface area contributed by atoms with E-state index in [4.69, 9.17) is 4.74 Å². The number of ether oxygens (including phenoxy) is 1. The van der Waals surface area contributed by atoms with Crippen molar-refractivity contribution in [2.75, 3.05) is 31.2 Å². The Bertz CT molecular complexity index is 1010. The van der Waals surface area contributed by atoms with Crippen LogP contribution in [-0.4, -0.2) is 65.2 Å². The van der Waals surface area contributed by atoms with Crippen LogP contribution < -0.4 is 5.32 Å². The molecule has 2 amide bonds. The summed E-state index contributed by atoms with van der Waals surface area (Å²) in [6, 6.07) is 16.5. The largest absolute Gasteiger partial charge is 0.481 e. The van der Waals surface area contributed by atoms with E-state index in [0.717, 1.165) is 0 Å². The molecule has 2 unspecified atom stereocenters. The molecule has 0 aromatic heterocycles. The average molecular weight is 483 g/mol. The third-order valence-electron chi connectivity index (χ3n) is 6.64. The van der Waals surface area contributed by atoms with Gasteiger partial charge in [-0.2, -0.15) is 11.8 Å². The highest BCUT2D eigenvalue weighted by molar-refractivity contribution is 7.99. The molecule has 1 saturated heterocycles. The van der Waals surface area contributed by atoms with Crippen molar-refractivity contribution in [3.05, 3.63) is 59.7 Å². The van der Waals surface area contributed by atoms with E-state index in [1.807, 2.05) is 31.2 Å². The van der Waals surface area contributed by atoms with Gasteiger partial charge < -0.3 is 20.1 Å². The Balaban J connectivity index is 1.18. The maximum Gasteiger partial charge on any atom is 0.407 e. The number of rotatable bonds is 8. The van der Waals surface area contributed by atoms with Gasteiger partial charge in [0.15, 0.2) is 0 Å². The lowest BCUT2D eigenvalue weighted by molar-refractivity contribution is -0.146. The molecular weight excluding hydrogens is 452 g/mol. The van der Waals surface area contributed by atoms with Crippen molar-refractivity contribution in [3.63, 3.8) is 0 Å². The van der Waals surface area contributed by atoms with Gasteiger partial charge in [-0.1, -0.05) is 48.5 Å². The quantitative estimate of drug-likeness (QED) is 0.553. The van der Waals surface area contributed by atoms with Crippen LogP contribution in [0.3, 0.4) is 0 Å². The van der Waals surface area contributed by atoms with Gasteiger partial charge in [0.25, 0.3) is 0 Å². The van der Waals surface area contributed by atoms with E-state index < -0.39 is 18.0 Å². The maximum atomic E-state index is 12.5. The molecule has 0 bridgehead atoms. The number of hydrogen-bond acceptors (Lipinski definition) is 5. The van der Waals surface area contributed by atoms with Gasteiger partial charge in [0.1, 0.15) is 6.61 Å². The molecule has 2 N–H and O–H groups in total. The molecule has 2 aliphatic rings. The fraction of sp³-hybridized carbons (Fsp3) is 0.423. The van der Waals surface area contributed by atoms with E-state index in [9.17, 15) is 19.5 Å². The first-order valence-electron chi connectivity index (χ1n) is 11.6. The number of amides is 2. The monoisotopic (exact) mass is 482 g/mol.